The maximum Gasteiger partial charge on any atom is 0.280 e. The van der Waals surface area contributed by atoms with Crippen LogP contribution >= 0.6 is 7.37 Å². The van der Waals surface area contributed by atoms with Crippen LogP contribution in [0.15, 0.2) is 0 Å². The Morgan fingerprint density at radius 3 is 2.45 bits per heavy atom. The van der Waals surface area contributed by atoms with Gasteiger partial charge in [-0.3, -0.25) is 9.36 Å². The minimum atomic E-state index is -2.97. The van der Waals surface area contributed by atoms with E-state index in [0.717, 1.165) is 0 Å². The standard InChI is InChI=1S/C7H11O3P/c1-4-5-11(9,10-3)6-7(2)8/h6H2,1-3H3. The number of Topliss-reactive ketones (excluding diaryl/α,β-unsaturated/α-hetero) is 1. The van der Waals surface area contributed by atoms with Crippen molar-refractivity contribution in [1.29, 1.82) is 0 Å². The first-order chi connectivity index (χ1) is 5.04. The molecule has 0 aliphatic rings. The molecule has 0 radical (unpaired) electrons. The summed E-state index contributed by atoms with van der Waals surface area (Å²) < 4.78 is 16.0. The van der Waals surface area contributed by atoms with Crippen LogP contribution in [0.4, 0.5) is 0 Å². The van der Waals surface area contributed by atoms with Crippen molar-refractivity contribution in [1.82, 2.24) is 0 Å². The van der Waals surface area contributed by atoms with E-state index in [1.807, 2.05) is 0 Å². The molecule has 0 rings (SSSR count). The van der Waals surface area contributed by atoms with E-state index in [0.29, 0.717) is 0 Å². The molecule has 0 spiro atoms. The second-order valence-corrected chi connectivity index (χ2v) is 4.33. The number of ketones is 1. The van der Waals surface area contributed by atoms with Crippen molar-refractivity contribution in [2.75, 3.05) is 13.3 Å². The minimum absolute atomic E-state index is 0.0929. The smallest absolute Gasteiger partial charge is 0.280 e. The van der Waals surface area contributed by atoms with Crippen molar-refractivity contribution in [3.8, 4) is 11.6 Å². The highest BCUT2D eigenvalue weighted by Crippen LogP contribution is 2.44. The number of carbonyl (C=O) groups excluding carboxylic acids is 1. The summed E-state index contributed by atoms with van der Waals surface area (Å²) in [5.74, 6) is 2.31. The lowest BCUT2D eigenvalue weighted by atomic mass is 10.5. The van der Waals surface area contributed by atoms with Crippen LogP contribution < -0.4 is 0 Å². The summed E-state index contributed by atoms with van der Waals surface area (Å²) in [5.41, 5.74) is 2.40. The summed E-state index contributed by atoms with van der Waals surface area (Å²) in [6.07, 6.45) is -0.0929. The Morgan fingerprint density at radius 1 is 1.64 bits per heavy atom. The molecule has 0 aliphatic carbocycles. The van der Waals surface area contributed by atoms with Crippen molar-refractivity contribution in [2.24, 2.45) is 0 Å². The van der Waals surface area contributed by atoms with Gasteiger partial charge < -0.3 is 4.52 Å². The number of hydrogen-bond donors (Lipinski definition) is 0. The molecule has 0 saturated heterocycles. The van der Waals surface area contributed by atoms with Gasteiger partial charge in [-0.1, -0.05) is 5.92 Å². The van der Waals surface area contributed by atoms with E-state index in [1.165, 1.54) is 14.0 Å². The third-order valence-electron chi connectivity index (χ3n) is 1.01. The SMILES string of the molecule is CC#CP(=O)(CC(C)=O)OC. The molecule has 1 unspecified atom stereocenters. The first-order valence-corrected chi connectivity index (χ1v) is 4.93. The van der Waals surface area contributed by atoms with Gasteiger partial charge in [-0.05, 0) is 19.5 Å². The third-order valence-corrected chi connectivity index (χ3v) is 3.02. The molecule has 0 heterocycles. The van der Waals surface area contributed by atoms with Crippen molar-refractivity contribution in [3.05, 3.63) is 0 Å². The Labute approximate surface area is 66.6 Å². The quantitative estimate of drug-likeness (QED) is 0.480. The lowest BCUT2D eigenvalue weighted by Crippen LogP contribution is -1.99. The van der Waals surface area contributed by atoms with Crippen molar-refractivity contribution in [2.45, 2.75) is 13.8 Å². The Hall–Kier alpha value is -0.580. The first kappa shape index (κ1) is 10.4. The summed E-state index contributed by atoms with van der Waals surface area (Å²) in [6, 6.07) is 0. The molecule has 11 heavy (non-hydrogen) atoms. The summed E-state index contributed by atoms with van der Waals surface area (Å²) >= 11 is 0. The van der Waals surface area contributed by atoms with E-state index in [9.17, 15) is 9.36 Å². The lowest BCUT2D eigenvalue weighted by molar-refractivity contribution is -0.114. The van der Waals surface area contributed by atoms with Gasteiger partial charge in [-0.15, -0.1) is 0 Å². The zero-order valence-electron chi connectivity index (χ0n) is 6.88. The normalized spacial score (nSPS) is 14.5. The highest BCUT2D eigenvalue weighted by atomic mass is 31.2. The fraction of sp³-hybridized carbons (Fsp3) is 0.571. The van der Waals surface area contributed by atoms with E-state index in [1.54, 1.807) is 6.92 Å². The van der Waals surface area contributed by atoms with Crippen LogP contribution in [0.1, 0.15) is 13.8 Å². The number of carbonyl (C=O) groups is 1. The summed E-state index contributed by atoms with van der Waals surface area (Å²) in [4.78, 5) is 10.6. The Balaban J connectivity index is 4.44. The molecule has 0 aliphatic heterocycles. The van der Waals surface area contributed by atoms with Gasteiger partial charge >= 0.3 is 0 Å². The molecule has 0 fully saturated rings. The molecule has 0 aromatic heterocycles. The van der Waals surface area contributed by atoms with E-state index in [2.05, 4.69) is 16.1 Å². The van der Waals surface area contributed by atoms with Gasteiger partial charge in [0.2, 0.25) is 0 Å². The summed E-state index contributed by atoms with van der Waals surface area (Å²) in [5, 5.41) is 0. The zero-order valence-corrected chi connectivity index (χ0v) is 7.77. The van der Waals surface area contributed by atoms with Crippen LogP contribution in [-0.2, 0) is 13.9 Å². The molecule has 0 bridgehead atoms. The van der Waals surface area contributed by atoms with E-state index in [4.69, 9.17) is 0 Å². The molecule has 1 atom stereocenters. The van der Waals surface area contributed by atoms with Crippen molar-refractivity contribution >= 4 is 13.2 Å². The molecule has 62 valence electrons. The summed E-state index contributed by atoms with van der Waals surface area (Å²) in [6.45, 7) is 2.93. The van der Waals surface area contributed by atoms with Gasteiger partial charge in [0.05, 0.1) is 6.16 Å². The maximum absolute atomic E-state index is 11.4. The largest absolute Gasteiger partial charge is 0.323 e. The van der Waals surface area contributed by atoms with Crippen LogP contribution in [0.25, 0.3) is 0 Å². The lowest BCUT2D eigenvalue weighted by Gasteiger charge is -2.05. The van der Waals surface area contributed by atoms with Crippen LogP contribution in [0.5, 0.6) is 0 Å². The second kappa shape index (κ2) is 4.33. The van der Waals surface area contributed by atoms with Gasteiger partial charge in [0.1, 0.15) is 5.78 Å². The van der Waals surface area contributed by atoms with E-state index >= 15 is 0 Å². The maximum atomic E-state index is 11.4. The monoisotopic (exact) mass is 174 g/mol. The van der Waals surface area contributed by atoms with Crippen molar-refractivity contribution in [3.63, 3.8) is 0 Å². The second-order valence-electron chi connectivity index (χ2n) is 2.08. The van der Waals surface area contributed by atoms with Gasteiger partial charge in [-0.25, -0.2) is 0 Å². The first-order valence-electron chi connectivity index (χ1n) is 3.12. The van der Waals surface area contributed by atoms with Gasteiger partial charge in [0, 0.05) is 7.11 Å². The molecule has 0 saturated carbocycles. The van der Waals surface area contributed by atoms with Crippen LogP contribution in [0.3, 0.4) is 0 Å². The van der Waals surface area contributed by atoms with Crippen molar-refractivity contribution < 1.29 is 13.9 Å². The van der Waals surface area contributed by atoms with Gasteiger partial charge in [0.25, 0.3) is 7.37 Å². The van der Waals surface area contributed by atoms with E-state index in [-0.39, 0.29) is 11.9 Å². The average molecular weight is 174 g/mol. The molecule has 0 amide bonds. The van der Waals surface area contributed by atoms with Crippen LogP contribution in [0, 0.1) is 11.6 Å². The fourth-order valence-electron chi connectivity index (χ4n) is 0.613. The molecule has 0 N–H and O–H groups in total. The minimum Gasteiger partial charge on any atom is -0.323 e. The van der Waals surface area contributed by atoms with Crippen LogP contribution in [0.2, 0.25) is 0 Å². The van der Waals surface area contributed by atoms with E-state index < -0.39 is 7.37 Å². The molecule has 3 nitrogen and oxygen atoms in total. The highest BCUT2D eigenvalue weighted by Gasteiger charge is 2.20. The number of rotatable bonds is 3. The highest BCUT2D eigenvalue weighted by molar-refractivity contribution is 7.65. The molecular weight excluding hydrogens is 163 g/mol. The van der Waals surface area contributed by atoms with Gasteiger partial charge in [0.15, 0.2) is 0 Å². The van der Waals surface area contributed by atoms with Crippen LogP contribution in [-0.4, -0.2) is 19.1 Å². The topological polar surface area (TPSA) is 43.4 Å². The molecule has 0 aromatic rings. The Kier molecular flexibility index (Phi) is 4.10. The Morgan fingerprint density at radius 2 is 2.18 bits per heavy atom. The predicted octanol–water partition coefficient (Wildman–Crippen LogP) is 1.48. The fourth-order valence-corrected chi connectivity index (χ4v) is 1.84. The Bertz CT molecular complexity index is 246. The molecular formula is C7H11O3P. The third kappa shape index (κ3) is 3.98. The van der Waals surface area contributed by atoms with Gasteiger partial charge in [-0.2, -0.15) is 0 Å². The number of hydrogen-bond acceptors (Lipinski definition) is 3. The molecule has 0 aromatic carbocycles. The molecule has 4 heteroatoms. The zero-order chi connectivity index (χ0) is 8.91. The predicted molar refractivity (Wildman–Crippen MR) is 43.6 cm³/mol. The summed E-state index contributed by atoms with van der Waals surface area (Å²) in [7, 11) is -1.67. The average Bonchev–Trinajstić information content (AvgIpc) is 1.87.